The average Bonchev–Trinajstić information content (AvgIpc) is 3.32. The lowest BCUT2D eigenvalue weighted by Gasteiger charge is -2.34. The van der Waals surface area contributed by atoms with Crippen molar-refractivity contribution in [3.8, 4) is 22.8 Å². The first kappa shape index (κ1) is 21.7. The van der Waals surface area contributed by atoms with Crippen molar-refractivity contribution in [3.63, 3.8) is 0 Å². The van der Waals surface area contributed by atoms with Crippen LogP contribution in [0.5, 0.6) is 11.5 Å². The third-order valence-corrected chi connectivity index (χ3v) is 5.57. The molecule has 0 radical (unpaired) electrons. The number of aromatic nitrogens is 2. The van der Waals surface area contributed by atoms with Crippen LogP contribution in [0, 0.1) is 0 Å². The van der Waals surface area contributed by atoms with E-state index in [2.05, 4.69) is 33.3 Å². The predicted molar refractivity (Wildman–Crippen MR) is 125 cm³/mol. The summed E-state index contributed by atoms with van der Waals surface area (Å²) in [5.74, 6) is 2.46. The van der Waals surface area contributed by atoms with Crippen molar-refractivity contribution in [2.45, 2.75) is 20.3 Å². The number of ether oxygens (including phenoxy) is 2. The van der Waals surface area contributed by atoms with Gasteiger partial charge in [-0.1, -0.05) is 36.4 Å². The number of hydrogen-bond acceptors (Lipinski definition) is 5. The Bertz CT molecular complexity index is 1030. The molecule has 0 unspecified atom stereocenters. The van der Waals surface area contributed by atoms with Crippen molar-refractivity contribution < 1.29 is 14.3 Å². The smallest absolute Gasteiger partial charge is 0.227 e. The third kappa shape index (κ3) is 5.04. The molecule has 0 bridgehead atoms. The summed E-state index contributed by atoms with van der Waals surface area (Å²) in [7, 11) is 0. The normalized spacial score (nSPS) is 13.8. The summed E-state index contributed by atoms with van der Waals surface area (Å²) >= 11 is 0. The van der Waals surface area contributed by atoms with Gasteiger partial charge in [0.25, 0.3) is 0 Å². The number of rotatable bonds is 8. The van der Waals surface area contributed by atoms with E-state index in [9.17, 15) is 4.79 Å². The molecule has 0 atom stereocenters. The Kier molecular flexibility index (Phi) is 6.94. The van der Waals surface area contributed by atoms with Gasteiger partial charge in [-0.15, -0.1) is 0 Å². The number of amides is 1. The van der Waals surface area contributed by atoms with Crippen molar-refractivity contribution in [3.05, 3.63) is 60.2 Å². The summed E-state index contributed by atoms with van der Waals surface area (Å²) < 4.78 is 11.3. The summed E-state index contributed by atoms with van der Waals surface area (Å²) in [6.45, 7) is 7.90. The van der Waals surface area contributed by atoms with E-state index in [4.69, 9.17) is 9.47 Å². The van der Waals surface area contributed by atoms with Crippen LogP contribution in [0.3, 0.4) is 0 Å². The lowest BCUT2D eigenvalue weighted by molar-refractivity contribution is -0.130. The van der Waals surface area contributed by atoms with Gasteiger partial charge in [0.2, 0.25) is 5.91 Å². The van der Waals surface area contributed by atoms with Crippen LogP contribution in [0.2, 0.25) is 0 Å². The lowest BCUT2D eigenvalue weighted by Crippen LogP contribution is -2.49. The van der Waals surface area contributed by atoms with Gasteiger partial charge in [0, 0.05) is 32.2 Å². The van der Waals surface area contributed by atoms with Crippen LogP contribution < -0.4 is 14.4 Å². The first-order valence-corrected chi connectivity index (χ1v) is 11.2. The van der Waals surface area contributed by atoms with Crippen LogP contribution in [0.15, 0.2) is 54.6 Å². The third-order valence-electron chi connectivity index (χ3n) is 5.57. The zero-order chi connectivity index (χ0) is 22.3. The molecule has 1 aromatic heterocycles. The average molecular weight is 435 g/mol. The molecular weight excluding hydrogens is 404 g/mol. The quantitative estimate of drug-likeness (QED) is 0.585. The standard InChI is InChI=1S/C25H30N4O3/c1-3-31-22-11-10-19(16-23(22)32-4-2)17-25(30)29-14-12-28(13-15-29)24-18-21(26-27-24)20-8-6-5-7-9-20/h5-11,16,18H,3-4,12-15,17H2,1-2H3,(H,26,27). The second kappa shape index (κ2) is 10.2. The van der Waals surface area contributed by atoms with Crippen LogP contribution >= 0.6 is 0 Å². The maximum atomic E-state index is 12.9. The van der Waals surface area contributed by atoms with Crippen molar-refractivity contribution in [1.82, 2.24) is 15.1 Å². The maximum absolute atomic E-state index is 12.9. The molecule has 1 aliphatic heterocycles. The molecule has 168 valence electrons. The first-order valence-electron chi connectivity index (χ1n) is 11.2. The van der Waals surface area contributed by atoms with Crippen LogP contribution in [0.25, 0.3) is 11.3 Å². The van der Waals surface area contributed by atoms with E-state index in [-0.39, 0.29) is 5.91 Å². The minimum absolute atomic E-state index is 0.128. The van der Waals surface area contributed by atoms with Crippen LogP contribution in [-0.4, -0.2) is 60.4 Å². The van der Waals surface area contributed by atoms with E-state index in [1.165, 1.54) is 0 Å². The van der Waals surface area contributed by atoms with Crippen molar-refractivity contribution in [2.75, 3.05) is 44.3 Å². The Balaban J connectivity index is 1.34. The summed E-state index contributed by atoms with van der Waals surface area (Å²) in [5.41, 5.74) is 3.05. The molecule has 1 amide bonds. The van der Waals surface area contributed by atoms with Crippen LogP contribution in [0.1, 0.15) is 19.4 Å². The van der Waals surface area contributed by atoms with E-state index < -0.39 is 0 Å². The predicted octanol–water partition coefficient (Wildman–Crippen LogP) is 3.77. The Morgan fingerprint density at radius 1 is 0.938 bits per heavy atom. The molecule has 1 fully saturated rings. The van der Waals surface area contributed by atoms with Gasteiger partial charge in [-0.25, -0.2) is 0 Å². The molecule has 0 saturated carbocycles. The number of piperazine rings is 1. The molecular formula is C25H30N4O3. The number of carbonyl (C=O) groups excluding carboxylic acids is 1. The largest absolute Gasteiger partial charge is 0.490 e. The molecule has 4 rings (SSSR count). The van der Waals surface area contributed by atoms with E-state index in [1.54, 1.807) is 0 Å². The highest BCUT2D eigenvalue weighted by Gasteiger charge is 2.23. The van der Waals surface area contributed by atoms with E-state index in [0.717, 1.165) is 35.7 Å². The molecule has 1 saturated heterocycles. The molecule has 1 aliphatic rings. The van der Waals surface area contributed by atoms with Crippen molar-refractivity contribution in [2.24, 2.45) is 0 Å². The summed E-state index contributed by atoms with van der Waals surface area (Å²) in [4.78, 5) is 17.0. The highest BCUT2D eigenvalue weighted by atomic mass is 16.5. The van der Waals surface area contributed by atoms with E-state index in [1.807, 2.05) is 55.1 Å². The molecule has 32 heavy (non-hydrogen) atoms. The summed E-state index contributed by atoms with van der Waals surface area (Å²) in [5, 5.41) is 7.60. The minimum atomic E-state index is 0.128. The summed E-state index contributed by atoms with van der Waals surface area (Å²) in [6.07, 6.45) is 0.354. The number of nitrogens with one attached hydrogen (secondary N) is 1. The molecule has 7 heteroatoms. The number of anilines is 1. The first-order chi connectivity index (χ1) is 15.7. The SMILES string of the molecule is CCOc1ccc(CC(=O)N2CCN(c3cc(-c4ccccc4)[nH]n3)CC2)cc1OCC. The number of aromatic amines is 1. The second-order valence-electron chi connectivity index (χ2n) is 7.70. The maximum Gasteiger partial charge on any atom is 0.227 e. The fourth-order valence-electron chi connectivity index (χ4n) is 3.92. The minimum Gasteiger partial charge on any atom is -0.490 e. The molecule has 7 nitrogen and oxygen atoms in total. The Hall–Kier alpha value is -3.48. The number of H-pyrrole nitrogens is 1. The second-order valence-corrected chi connectivity index (χ2v) is 7.70. The van der Waals surface area contributed by atoms with Gasteiger partial charge in [-0.2, -0.15) is 5.10 Å². The Morgan fingerprint density at radius 2 is 1.66 bits per heavy atom. The van der Waals surface area contributed by atoms with Crippen LogP contribution in [-0.2, 0) is 11.2 Å². The molecule has 2 heterocycles. The van der Waals surface area contributed by atoms with Crippen molar-refractivity contribution in [1.29, 1.82) is 0 Å². The van der Waals surface area contributed by atoms with E-state index in [0.29, 0.717) is 44.2 Å². The summed E-state index contributed by atoms with van der Waals surface area (Å²) in [6, 6.07) is 18.0. The molecule has 0 spiro atoms. The van der Waals surface area contributed by atoms with Gasteiger partial charge in [0.15, 0.2) is 17.3 Å². The topological polar surface area (TPSA) is 70.7 Å². The van der Waals surface area contributed by atoms with Gasteiger partial charge < -0.3 is 19.3 Å². The van der Waals surface area contributed by atoms with Gasteiger partial charge in [-0.05, 0) is 37.1 Å². The molecule has 3 aromatic rings. The highest BCUT2D eigenvalue weighted by molar-refractivity contribution is 5.79. The number of hydrogen-bond donors (Lipinski definition) is 1. The van der Waals surface area contributed by atoms with Crippen molar-refractivity contribution >= 4 is 11.7 Å². The fraction of sp³-hybridized carbons (Fsp3) is 0.360. The van der Waals surface area contributed by atoms with Gasteiger partial charge >= 0.3 is 0 Å². The molecule has 0 aliphatic carbocycles. The zero-order valence-electron chi connectivity index (χ0n) is 18.7. The molecule has 1 N–H and O–H groups in total. The Morgan fingerprint density at radius 3 is 2.38 bits per heavy atom. The fourth-order valence-corrected chi connectivity index (χ4v) is 3.92. The van der Waals surface area contributed by atoms with Gasteiger partial charge in [0.05, 0.1) is 25.3 Å². The van der Waals surface area contributed by atoms with E-state index >= 15 is 0 Å². The Labute approximate surface area is 188 Å². The number of benzene rings is 2. The van der Waals surface area contributed by atoms with Gasteiger partial charge in [-0.3, -0.25) is 9.89 Å². The monoisotopic (exact) mass is 434 g/mol. The number of carbonyl (C=O) groups is 1. The van der Waals surface area contributed by atoms with Crippen LogP contribution in [0.4, 0.5) is 5.82 Å². The lowest BCUT2D eigenvalue weighted by atomic mass is 10.1. The molecule has 2 aromatic carbocycles. The highest BCUT2D eigenvalue weighted by Crippen LogP contribution is 2.29. The number of nitrogens with zero attached hydrogens (tertiary/aromatic N) is 3. The zero-order valence-corrected chi connectivity index (χ0v) is 18.7. The van der Waals surface area contributed by atoms with Gasteiger partial charge in [0.1, 0.15) is 0 Å².